The molecule has 1 heterocycles. The number of thioether (sulfide) groups is 1. The summed E-state index contributed by atoms with van der Waals surface area (Å²) in [6.07, 6.45) is 7.75. The van der Waals surface area contributed by atoms with Gasteiger partial charge in [-0.25, -0.2) is 9.79 Å². The van der Waals surface area contributed by atoms with Gasteiger partial charge in [-0.1, -0.05) is 24.6 Å². The molecule has 0 bridgehead atoms. The van der Waals surface area contributed by atoms with Crippen LogP contribution in [0.3, 0.4) is 0 Å². The molecule has 7 nitrogen and oxygen atoms in total. The van der Waals surface area contributed by atoms with Crippen LogP contribution in [0.1, 0.15) is 32.3 Å². The molecule has 1 aliphatic rings. The predicted molar refractivity (Wildman–Crippen MR) is 124 cm³/mol. The van der Waals surface area contributed by atoms with Gasteiger partial charge in [-0.15, -0.1) is 6.42 Å². The number of hydrogen-bond donors (Lipinski definition) is 1. The molecule has 0 atom stereocenters. The van der Waals surface area contributed by atoms with Crippen molar-refractivity contribution in [3.05, 3.63) is 38.4 Å². The summed E-state index contributed by atoms with van der Waals surface area (Å²) in [7, 11) is 1.49. The molecule has 0 radical (unpaired) electrons. The third kappa shape index (κ3) is 6.15. The highest BCUT2D eigenvalue weighted by Gasteiger charge is 2.33. The van der Waals surface area contributed by atoms with Crippen LogP contribution in [0.4, 0.5) is 0 Å². The van der Waals surface area contributed by atoms with Crippen molar-refractivity contribution in [1.82, 2.24) is 0 Å². The van der Waals surface area contributed by atoms with Crippen LogP contribution < -0.4 is 9.47 Å². The minimum Gasteiger partial charge on any atom is -0.506 e. The largest absolute Gasteiger partial charge is 0.506 e. The Labute approximate surface area is 193 Å². The van der Waals surface area contributed by atoms with Crippen LogP contribution in [0.2, 0.25) is 0 Å². The lowest BCUT2D eigenvalue weighted by Gasteiger charge is -2.12. The molecule has 0 saturated carbocycles. The minimum atomic E-state index is -0.740. The van der Waals surface area contributed by atoms with Crippen molar-refractivity contribution in [2.45, 2.75) is 26.7 Å². The number of aliphatic hydroxyl groups is 1. The zero-order valence-corrected chi connectivity index (χ0v) is 19.8. The summed E-state index contributed by atoms with van der Waals surface area (Å²) in [5.41, 5.74) is 0.526. The Morgan fingerprint density at radius 3 is 2.71 bits per heavy atom. The Hall–Kier alpha value is -2.70. The number of terminal acetylenes is 1. The van der Waals surface area contributed by atoms with Gasteiger partial charge >= 0.3 is 5.97 Å². The van der Waals surface area contributed by atoms with E-state index in [2.05, 4.69) is 26.8 Å². The van der Waals surface area contributed by atoms with Crippen molar-refractivity contribution < 1.29 is 28.9 Å². The van der Waals surface area contributed by atoms with Gasteiger partial charge in [0.2, 0.25) is 5.91 Å². The van der Waals surface area contributed by atoms with Crippen LogP contribution in [-0.2, 0) is 14.3 Å². The van der Waals surface area contributed by atoms with Crippen molar-refractivity contribution >= 4 is 50.7 Å². The Balaban J connectivity index is 2.50. The zero-order chi connectivity index (χ0) is 23.0. The van der Waals surface area contributed by atoms with Gasteiger partial charge in [0, 0.05) is 6.42 Å². The molecule has 31 heavy (non-hydrogen) atoms. The van der Waals surface area contributed by atoms with Crippen LogP contribution in [-0.4, -0.2) is 42.4 Å². The molecule has 9 heteroatoms. The summed E-state index contributed by atoms with van der Waals surface area (Å²) in [5, 5.41) is 10.8. The molecular formula is C22H22BrNO6S. The molecule has 0 aromatic heterocycles. The number of nitrogens with zero attached hydrogens (tertiary/aromatic N) is 1. The maximum atomic E-state index is 12.4. The lowest BCUT2D eigenvalue weighted by atomic mass is 10.1. The maximum Gasteiger partial charge on any atom is 0.344 e. The van der Waals surface area contributed by atoms with E-state index in [0.717, 1.165) is 11.8 Å². The average molecular weight is 508 g/mol. The van der Waals surface area contributed by atoms with Crippen LogP contribution in [0.25, 0.3) is 6.08 Å². The number of halogens is 1. The predicted octanol–water partition coefficient (Wildman–Crippen LogP) is 4.66. The van der Waals surface area contributed by atoms with Gasteiger partial charge in [-0.2, -0.15) is 0 Å². The lowest BCUT2D eigenvalue weighted by Crippen LogP contribution is -2.14. The van der Waals surface area contributed by atoms with Gasteiger partial charge in [-0.05, 0) is 53.0 Å². The van der Waals surface area contributed by atoms with Gasteiger partial charge < -0.3 is 19.3 Å². The molecule has 0 saturated heterocycles. The van der Waals surface area contributed by atoms with E-state index in [-0.39, 0.29) is 41.9 Å². The fraction of sp³-hybridized carbons (Fsp3) is 0.318. The topological polar surface area (TPSA) is 94.4 Å². The molecule has 2 rings (SSSR count). The first-order valence-electron chi connectivity index (χ1n) is 9.42. The number of esters is 1. The maximum absolute atomic E-state index is 12.4. The van der Waals surface area contributed by atoms with Crippen molar-refractivity contribution in [2.24, 2.45) is 4.99 Å². The van der Waals surface area contributed by atoms with Gasteiger partial charge in [0.05, 0.1) is 23.1 Å². The smallest absolute Gasteiger partial charge is 0.344 e. The van der Waals surface area contributed by atoms with Crippen molar-refractivity contribution in [3.63, 3.8) is 0 Å². The number of hydrogen-bond acceptors (Lipinski definition) is 7. The number of carbonyl (C=O) groups is 2. The minimum absolute atomic E-state index is 0.0727. The quantitative estimate of drug-likeness (QED) is 0.403. The number of methoxy groups -OCH3 is 1. The molecule has 0 aliphatic carbocycles. The Morgan fingerprint density at radius 2 is 2.10 bits per heavy atom. The van der Waals surface area contributed by atoms with Crippen LogP contribution in [0.5, 0.6) is 11.5 Å². The Kier molecular flexibility index (Phi) is 9.21. The second-order valence-electron chi connectivity index (χ2n) is 6.14. The first-order chi connectivity index (χ1) is 14.9. The van der Waals surface area contributed by atoms with Crippen molar-refractivity contribution in [3.8, 4) is 23.8 Å². The van der Waals surface area contributed by atoms with E-state index < -0.39 is 5.97 Å². The van der Waals surface area contributed by atoms with E-state index in [1.807, 2.05) is 6.92 Å². The first kappa shape index (κ1) is 24.6. The van der Waals surface area contributed by atoms with Gasteiger partial charge in [0.25, 0.3) is 0 Å². The third-order valence-electron chi connectivity index (χ3n) is 3.91. The molecule has 0 fully saturated rings. The number of rotatable bonds is 8. The second-order valence-corrected chi connectivity index (χ2v) is 8.03. The monoisotopic (exact) mass is 507 g/mol. The summed E-state index contributed by atoms with van der Waals surface area (Å²) in [6, 6.07) is 3.44. The van der Waals surface area contributed by atoms with Gasteiger partial charge in [-0.3, -0.25) is 4.79 Å². The first-order valence-corrected chi connectivity index (χ1v) is 11.0. The molecule has 1 aliphatic heterocycles. The molecule has 1 aromatic carbocycles. The highest BCUT2D eigenvalue weighted by atomic mass is 79.9. The fourth-order valence-corrected chi connectivity index (χ4v) is 4.21. The number of ether oxygens (including phenoxy) is 3. The van der Waals surface area contributed by atoms with E-state index in [1.54, 1.807) is 25.1 Å². The SMILES string of the molecule is C#CCOc1c(Br)cc(/C=C2\SC(=NC(=O)CCC)C(C(=O)OCC)=C2O)cc1OC. The van der Waals surface area contributed by atoms with Crippen LogP contribution in [0, 0.1) is 12.3 Å². The van der Waals surface area contributed by atoms with Gasteiger partial charge in [0.1, 0.15) is 23.0 Å². The third-order valence-corrected chi connectivity index (χ3v) is 5.52. The molecule has 1 aromatic rings. The number of carbonyl (C=O) groups excluding carboxylic acids is 2. The van der Waals surface area contributed by atoms with E-state index in [9.17, 15) is 14.7 Å². The Bertz CT molecular complexity index is 1010. The highest BCUT2D eigenvalue weighted by Crippen LogP contribution is 2.42. The van der Waals surface area contributed by atoms with Crippen LogP contribution >= 0.6 is 27.7 Å². The number of aliphatic imine (C=N–C) groups is 1. The molecule has 0 spiro atoms. The summed E-state index contributed by atoms with van der Waals surface area (Å²) in [4.78, 5) is 28.7. The van der Waals surface area contributed by atoms with E-state index >= 15 is 0 Å². The lowest BCUT2D eigenvalue weighted by molar-refractivity contribution is -0.138. The summed E-state index contributed by atoms with van der Waals surface area (Å²) < 4.78 is 16.5. The Morgan fingerprint density at radius 1 is 1.35 bits per heavy atom. The highest BCUT2D eigenvalue weighted by molar-refractivity contribution is 9.10. The van der Waals surface area contributed by atoms with Crippen molar-refractivity contribution in [2.75, 3.05) is 20.3 Å². The van der Waals surface area contributed by atoms with Gasteiger partial charge in [0.15, 0.2) is 11.5 Å². The zero-order valence-electron chi connectivity index (χ0n) is 17.4. The number of benzene rings is 1. The normalized spacial score (nSPS) is 15.8. The second kappa shape index (κ2) is 11.6. The van der Waals surface area contributed by atoms with E-state index in [1.165, 1.54) is 7.11 Å². The molecule has 1 N–H and O–H groups in total. The standard InChI is InChI=1S/C22H22BrNO6S/c1-5-8-17(25)24-21-18(22(27)29-7-3)19(26)16(31-21)12-13-10-14(23)20(30-9-6-2)15(11-13)28-4/h2,10-12,26H,5,7-9H2,1,3-4H3/b16-12-,24-21?. The summed E-state index contributed by atoms with van der Waals surface area (Å²) in [5.74, 6) is 1.86. The average Bonchev–Trinajstić information content (AvgIpc) is 3.01. The summed E-state index contributed by atoms with van der Waals surface area (Å²) in [6.45, 7) is 3.70. The summed E-state index contributed by atoms with van der Waals surface area (Å²) >= 11 is 4.44. The number of aliphatic hydroxyl groups excluding tert-OH is 1. The molecule has 164 valence electrons. The van der Waals surface area contributed by atoms with E-state index in [4.69, 9.17) is 20.6 Å². The van der Waals surface area contributed by atoms with Crippen molar-refractivity contribution in [1.29, 1.82) is 0 Å². The van der Waals surface area contributed by atoms with E-state index in [0.29, 0.717) is 32.9 Å². The fourth-order valence-electron chi connectivity index (χ4n) is 2.60. The number of amides is 1. The molecule has 0 unspecified atom stereocenters. The molecular weight excluding hydrogens is 486 g/mol. The van der Waals surface area contributed by atoms with Crippen LogP contribution in [0.15, 0.2) is 37.8 Å². The molecule has 1 amide bonds.